The summed E-state index contributed by atoms with van der Waals surface area (Å²) in [5.74, 6) is 0. The van der Waals surface area contributed by atoms with E-state index in [9.17, 15) is 0 Å². The molecule has 0 fully saturated rings. The van der Waals surface area contributed by atoms with E-state index in [4.69, 9.17) is 0 Å². The highest BCUT2D eigenvalue weighted by molar-refractivity contribution is 9.10. The van der Waals surface area contributed by atoms with Gasteiger partial charge in [-0.3, -0.25) is 0 Å². The molecule has 4 heteroatoms. The van der Waals surface area contributed by atoms with Crippen molar-refractivity contribution < 1.29 is 0 Å². The quantitative estimate of drug-likeness (QED) is 0.600. The zero-order valence-electron chi connectivity index (χ0n) is 5.03. The largest absolute Gasteiger partial charge is 0.229 e. The van der Waals surface area contributed by atoms with E-state index in [0.29, 0.717) is 0 Å². The Morgan fingerprint density at radius 3 is 3.30 bits per heavy atom. The zero-order valence-corrected chi connectivity index (χ0v) is 6.62. The van der Waals surface area contributed by atoms with Crippen LogP contribution in [0.15, 0.2) is 29.3 Å². The Balaban J connectivity index is 2.86. The number of nitrogens with zero attached hydrogens (tertiary/aromatic N) is 3. The number of hydrogen-bond acceptors (Lipinski definition) is 2. The number of hydrogen-bond donors (Lipinski definition) is 0. The molecule has 2 rings (SSSR count). The van der Waals surface area contributed by atoms with Gasteiger partial charge in [-0.1, -0.05) is 0 Å². The fourth-order valence-corrected chi connectivity index (χ4v) is 1.13. The van der Waals surface area contributed by atoms with Crippen LogP contribution in [-0.4, -0.2) is 14.6 Å². The van der Waals surface area contributed by atoms with E-state index in [2.05, 4.69) is 26.0 Å². The van der Waals surface area contributed by atoms with Gasteiger partial charge in [0.2, 0.25) is 0 Å². The van der Waals surface area contributed by atoms with Crippen LogP contribution in [0.25, 0.3) is 5.52 Å². The zero-order chi connectivity index (χ0) is 6.97. The summed E-state index contributed by atoms with van der Waals surface area (Å²) in [7, 11) is 0. The Morgan fingerprint density at radius 2 is 2.40 bits per heavy atom. The van der Waals surface area contributed by atoms with Gasteiger partial charge >= 0.3 is 0 Å². The molecule has 0 spiro atoms. The second-order valence-electron chi connectivity index (χ2n) is 1.91. The number of halogens is 1. The maximum absolute atomic E-state index is 4.00. The predicted molar refractivity (Wildman–Crippen MR) is 40.7 cm³/mol. The summed E-state index contributed by atoms with van der Waals surface area (Å²) in [4.78, 5) is 4.00. The molecule has 0 N–H and O–H groups in total. The summed E-state index contributed by atoms with van der Waals surface area (Å²) < 4.78 is 2.55. The van der Waals surface area contributed by atoms with E-state index < -0.39 is 0 Å². The molecule has 0 saturated heterocycles. The molecule has 3 nitrogen and oxygen atoms in total. The van der Waals surface area contributed by atoms with Crippen LogP contribution in [0.4, 0.5) is 0 Å². The first-order chi connectivity index (χ1) is 4.86. The molecular formula is C6H4BrN3. The molecular weight excluding hydrogens is 194 g/mol. The van der Waals surface area contributed by atoms with Gasteiger partial charge < -0.3 is 0 Å². The van der Waals surface area contributed by atoms with E-state index >= 15 is 0 Å². The normalized spacial score (nSPS) is 10.5. The number of aromatic nitrogens is 3. The van der Waals surface area contributed by atoms with Crippen LogP contribution in [0.2, 0.25) is 0 Å². The topological polar surface area (TPSA) is 30.2 Å². The van der Waals surface area contributed by atoms with Gasteiger partial charge in [0.15, 0.2) is 0 Å². The Hall–Kier alpha value is -0.900. The third-order valence-corrected chi connectivity index (χ3v) is 1.69. The molecule has 0 radical (unpaired) electrons. The maximum Gasteiger partial charge on any atom is 0.118 e. The van der Waals surface area contributed by atoms with Crippen LogP contribution in [0, 0.1) is 0 Å². The summed E-state index contributed by atoms with van der Waals surface area (Å²) >= 11 is 3.26. The predicted octanol–water partition coefficient (Wildman–Crippen LogP) is 1.49. The van der Waals surface area contributed by atoms with Gasteiger partial charge in [0.25, 0.3) is 0 Å². The average Bonchev–Trinajstić information content (AvgIpc) is 2.33. The second-order valence-corrected chi connectivity index (χ2v) is 2.72. The summed E-state index contributed by atoms with van der Waals surface area (Å²) in [6.07, 6.45) is 3.41. The van der Waals surface area contributed by atoms with Crippen molar-refractivity contribution >= 4 is 21.4 Å². The van der Waals surface area contributed by atoms with Crippen molar-refractivity contribution in [2.45, 2.75) is 0 Å². The minimum atomic E-state index is 0.834. The van der Waals surface area contributed by atoms with Crippen molar-refractivity contribution in [3.05, 3.63) is 29.3 Å². The molecule has 0 unspecified atom stereocenters. The van der Waals surface area contributed by atoms with Gasteiger partial charge in [0.05, 0.1) is 11.7 Å². The highest BCUT2D eigenvalue weighted by Crippen LogP contribution is 2.07. The lowest BCUT2D eigenvalue weighted by Crippen LogP contribution is -1.87. The molecule has 0 saturated carbocycles. The highest BCUT2D eigenvalue weighted by atomic mass is 79.9. The van der Waals surface area contributed by atoms with Crippen molar-refractivity contribution in [1.82, 2.24) is 14.6 Å². The monoisotopic (exact) mass is 197 g/mol. The van der Waals surface area contributed by atoms with Crippen LogP contribution in [-0.2, 0) is 0 Å². The standard InChI is InChI=1S/C6H4BrN3/c7-6-3-5-1-2-9-10(5)4-8-6/h1-4H. The lowest BCUT2D eigenvalue weighted by molar-refractivity contribution is 0.915. The second kappa shape index (κ2) is 2.05. The molecule has 2 heterocycles. The first kappa shape index (κ1) is 5.85. The molecule has 0 atom stereocenters. The number of fused-ring (bicyclic) bond motifs is 1. The highest BCUT2D eigenvalue weighted by Gasteiger charge is 1.92. The lowest BCUT2D eigenvalue weighted by atomic mass is 10.5. The van der Waals surface area contributed by atoms with E-state index in [-0.39, 0.29) is 0 Å². The average molecular weight is 198 g/mol. The molecule has 0 amide bonds. The molecule has 0 aliphatic heterocycles. The van der Waals surface area contributed by atoms with Crippen molar-refractivity contribution in [2.75, 3.05) is 0 Å². The molecule has 2 aromatic heterocycles. The van der Waals surface area contributed by atoms with E-state index in [1.165, 1.54) is 0 Å². The molecule has 2 aromatic rings. The smallest absolute Gasteiger partial charge is 0.118 e. The lowest BCUT2D eigenvalue weighted by Gasteiger charge is -1.90. The Morgan fingerprint density at radius 1 is 1.50 bits per heavy atom. The van der Waals surface area contributed by atoms with Crippen molar-refractivity contribution in [2.24, 2.45) is 0 Å². The van der Waals surface area contributed by atoms with Crippen LogP contribution < -0.4 is 0 Å². The van der Waals surface area contributed by atoms with E-state index in [1.54, 1.807) is 17.0 Å². The van der Waals surface area contributed by atoms with Crippen molar-refractivity contribution in [1.29, 1.82) is 0 Å². The van der Waals surface area contributed by atoms with E-state index in [0.717, 1.165) is 10.1 Å². The summed E-state index contributed by atoms with van der Waals surface area (Å²) in [5, 5.41) is 3.99. The molecule has 0 bridgehead atoms. The van der Waals surface area contributed by atoms with Gasteiger partial charge in [0.1, 0.15) is 10.9 Å². The minimum Gasteiger partial charge on any atom is -0.229 e. The Labute approximate surface area is 65.8 Å². The minimum absolute atomic E-state index is 0.834. The maximum atomic E-state index is 4.00. The Kier molecular flexibility index (Phi) is 1.20. The fraction of sp³-hybridized carbons (Fsp3) is 0. The van der Waals surface area contributed by atoms with Gasteiger partial charge in [-0.15, -0.1) is 0 Å². The van der Waals surface area contributed by atoms with Crippen LogP contribution in [0.5, 0.6) is 0 Å². The van der Waals surface area contributed by atoms with Gasteiger partial charge in [-0.25, -0.2) is 9.50 Å². The molecule has 0 aliphatic carbocycles. The molecule has 50 valence electrons. The molecule has 0 aromatic carbocycles. The summed E-state index contributed by atoms with van der Waals surface area (Å²) in [5.41, 5.74) is 1.04. The van der Waals surface area contributed by atoms with Crippen LogP contribution >= 0.6 is 15.9 Å². The third-order valence-electron chi connectivity index (χ3n) is 1.26. The first-order valence-corrected chi connectivity index (χ1v) is 3.60. The summed E-state index contributed by atoms with van der Waals surface area (Å²) in [6, 6.07) is 3.83. The third kappa shape index (κ3) is 0.806. The van der Waals surface area contributed by atoms with Crippen LogP contribution in [0.1, 0.15) is 0 Å². The van der Waals surface area contributed by atoms with Crippen LogP contribution in [0.3, 0.4) is 0 Å². The van der Waals surface area contributed by atoms with Gasteiger partial charge in [0, 0.05) is 0 Å². The van der Waals surface area contributed by atoms with Gasteiger partial charge in [-0.05, 0) is 28.1 Å². The first-order valence-electron chi connectivity index (χ1n) is 2.81. The summed E-state index contributed by atoms with van der Waals surface area (Å²) in [6.45, 7) is 0. The number of rotatable bonds is 0. The van der Waals surface area contributed by atoms with Gasteiger partial charge in [-0.2, -0.15) is 5.10 Å². The Bertz CT molecular complexity index is 355. The van der Waals surface area contributed by atoms with E-state index in [1.807, 2.05) is 12.1 Å². The van der Waals surface area contributed by atoms with Crippen molar-refractivity contribution in [3.63, 3.8) is 0 Å². The molecule has 10 heavy (non-hydrogen) atoms. The fourth-order valence-electron chi connectivity index (χ4n) is 0.804. The SMILES string of the molecule is Brc1cc2ccnn2cn1. The van der Waals surface area contributed by atoms with Crippen molar-refractivity contribution in [3.8, 4) is 0 Å². The molecule has 0 aliphatic rings.